The van der Waals surface area contributed by atoms with Crippen molar-refractivity contribution in [3.63, 3.8) is 0 Å². The average molecular weight is 954 g/mol. The van der Waals surface area contributed by atoms with Crippen LogP contribution in [-0.4, -0.2) is 19.3 Å². The van der Waals surface area contributed by atoms with Crippen LogP contribution in [0.2, 0.25) is 0 Å². The number of fused-ring (bicyclic) bond motifs is 3. The third kappa shape index (κ3) is 7.62. The fourth-order valence-corrected chi connectivity index (χ4v) is 9.08. The van der Waals surface area contributed by atoms with Gasteiger partial charge in [-0.3, -0.25) is 4.68 Å². The minimum absolute atomic E-state index is 0. The van der Waals surface area contributed by atoms with Crippen LogP contribution in [0.25, 0.3) is 38.9 Å². The summed E-state index contributed by atoms with van der Waals surface area (Å²) in [4.78, 5) is 4.86. The van der Waals surface area contributed by atoms with Crippen LogP contribution in [0.4, 0.5) is 0 Å². The van der Waals surface area contributed by atoms with Crippen LogP contribution in [0.1, 0.15) is 98.5 Å². The zero-order valence-corrected chi connectivity index (χ0v) is 37.0. The molecule has 1 aliphatic carbocycles. The number of benzene rings is 5. The van der Waals surface area contributed by atoms with Crippen LogP contribution in [-0.2, 0) is 39.3 Å². The maximum absolute atomic E-state index is 6.70. The molecule has 9 rings (SSSR count). The second kappa shape index (κ2) is 16.6. The van der Waals surface area contributed by atoms with Crippen molar-refractivity contribution in [3.05, 3.63) is 185 Å². The summed E-state index contributed by atoms with van der Waals surface area (Å²) >= 11 is 0. The summed E-state index contributed by atoms with van der Waals surface area (Å²) in [7, 11) is 0. The second-order valence-electron chi connectivity index (χ2n) is 16.6. The third-order valence-electron chi connectivity index (χ3n) is 11.8. The van der Waals surface area contributed by atoms with Gasteiger partial charge in [0.2, 0.25) is 0 Å². The molecule has 2 atom stereocenters. The maximum Gasteiger partial charge on any atom is 2.00 e. The zero-order chi connectivity index (χ0) is 40.0. The molecular formula is C53H50N4OPt. The molecule has 5 aromatic carbocycles. The summed E-state index contributed by atoms with van der Waals surface area (Å²) in [6.45, 7) is 13.3. The van der Waals surface area contributed by atoms with Gasteiger partial charge in [-0.15, -0.1) is 35.7 Å². The summed E-state index contributed by atoms with van der Waals surface area (Å²) in [6.07, 6.45) is 8.19. The van der Waals surface area contributed by atoms with Crippen LogP contribution in [0.3, 0.4) is 0 Å². The number of para-hydroxylation sites is 1. The molecule has 0 aliphatic heterocycles. The van der Waals surface area contributed by atoms with Gasteiger partial charge in [0.15, 0.2) is 0 Å². The van der Waals surface area contributed by atoms with Crippen molar-refractivity contribution in [3.8, 4) is 23.0 Å². The van der Waals surface area contributed by atoms with Crippen LogP contribution in [0.15, 0.2) is 134 Å². The van der Waals surface area contributed by atoms with Gasteiger partial charge in [-0.1, -0.05) is 132 Å². The van der Waals surface area contributed by atoms with Gasteiger partial charge in [0.25, 0.3) is 0 Å². The predicted molar refractivity (Wildman–Crippen MR) is 238 cm³/mol. The Bertz CT molecular complexity index is 2790. The van der Waals surface area contributed by atoms with Gasteiger partial charge >= 0.3 is 21.1 Å². The molecule has 0 amide bonds. The minimum Gasteiger partial charge on any atom is -0.509 e. The SMILES string of the molecule is CCc1nn(-c2[c-]c(Oc3[c-]c4c(cc3)c3ccccc3n4-c3cc(C(C)(C)C)ccn3)cc(C)c2)c(CC)c1C1C(c2ccccc2)=CCC[C@@H]1c1ccccc1.[Pt+2]. The molecule has 3 aromatic heterocycles. The molecule has 6 heteroatoms. The molecule has 59 heavy (non-hydrogen) atoms. The number of aromatic nitrogens is 4. The molecular weight excluding hydrogens is 904 g/mol. The van der Waals surface area contributed by atoms with E-state index >= 15 is 0 Å². The molecule has 5 nitrogen and oxygen atoms in total. The van der Waals surface area contributed by atoms with E-state index < -0.39 is 0 Å². The fourth-order valence-electron chi connectivity index (χ4n) is 9.08. The van der Waals surface area contributed by atoms with Crippen molar-refractivity contribution >= 4 is 27.4 Å². The molecule has 1 aliphatic rings. The summed E-state index contributed by atoms with van der Waals surface area (Å²) in [6, 6.07) is 50.5. The molecule has 0 N–H and O–H groups in total. The first-order chi connectivity index (χ1) is 28.2. The number of aryl methyl sites for hydroxylation is 2. The topological polar surface area (TPSA) is 44.9 Å². The van der Waals surface area contributed by atoms with Crippen LogP contribution >= 0.6 is 0 Å². The third-order valence-corrected chi connectivity index (χ3v) is 11.8. The number of rotatable bonds is 9. The summed E-state index contributed by atoms with van der Waals surface area (Å²) in [5, 5.41) is 7.66. The Morgan fingerprint density at radius 3 is 2.27 bits per heavy atom. The molecule has 1 unspecified atom stereocenters. The van der Waals surface area contributed by atoms with Crippen LogP contribution < -0.4 is 4.74 Å². The smallest absolute Gasteiger partial charge is 0.509 e. The largest absolute Gasteiger partial charge is 2.00 e. The first kappa shape index (κ1) is 40.3. The Labute approximate surface area is 363 Å². The van der Waals surface area contributed by atoms with Gasteiger partial charge in [0.1, 0.15) is 5.82 Å². The molecule has 3 heterocycles. The number of hydrogen-bond acceptors (Lipinski definition) is 3. The van der Waals surface area contributed by atoms with Crippen molar-refractivity contribution < 1.29 is 25.8 Å². The average Bonchev–Trinajstić information content (AvgIpc) is 3.79. The number of ether oxygens (including phenoxy) is 1. The summed E-state index contributed by atoms with van der Waals surface area (Å²) in [5.41, 5.74) is 12.9. The molecule has 0 bridgehead atoms. The Hall–Kier alpha value is -5.51. The van der Waals surface area contributed by atoms with E-state index in [1.54, 1.807) is 0 Å². The molecule has 0 spiro atoms. The van der Waals surface area contributed by atoms with E-state index in [1.165, 1.54) is 33.5 Å². The van der Waals surface area contributed by atoms with Crippen molar-refractivity contribution in [1.29, 1.82) is 0 Å². The molecule has 8 aromatic rings. The van der Waals surface area contributed by atoms with E-state index in [0.29, 0.717) is 17.4 Å². The van der Waals surface area contributed by atoms with Gasteiger partial charge in [0, 0.05) is 40.4 Å². The Morgan fingerprint density at radius 1 is 0.780 bits per heavy atom. The summed E-state index contributed by atoms with van der Waals surface area (Å²) in [5.74, 6) is 2.62. The predicted octanol–water partition coefficient (Wildman–Crippen LogP) is 13.2. The quantitative estimate of drug-likeness (QED) is 0.135. The Kier molecular flexibility index (Phi) is 11.3. The van der Waals surface area contributed by atoms with Gasteiger partial charge in [-0.05, 0) is 88.6 Å². The second-order valence-corrected chi connectivity index (χ2v) is 16.6. The standard InChI is InChI=1S/C53H50N4O.Pt/c1-7-46-52(51-42(36-18-11-9-12-19-36)23-17-24-43(51)37-20-13-10-14-21-37)47(8-2)57(55-46)39-30-35(3)31-41(33-39)58-40-26-27-45-44-22-15-16-25-48(44)56(49(45)34-40)50-32-38(28-29-54-50)53(4,5)6;/h9-16,18-23,25-32,43,51H,7-8,17,24H2,1-6H3;/q-2;+2/t43-,51?;/m1./s1. The first-order valence-electron chi connectivity index (χ1n) is 20.8. The van der Waals surface area contributed by atoms with E-state index in [-0.39, 0.29) is 32.4 Å². The Morgan fingerprint density at radius 2 is 1.53 bits per heavy atom. The van der Waals surface area contributed by atoms with E-state index in [4.69, 9.17) is 14.8 Å². The number of allylic oxidation sites excluding steroid dienone is 2. The number of nitrogens with zero attached hydrogens (tertiary/aromatic N) is 4. The minimum atomic E-state index is -0.0150. The van der Waals surface area contributed by atoms with Crippen molar-refractivity contribution in [1.82, 2.24) is 19.3 Å². The molecule has 298 valence electrons. The van der Waals surface area contributed by atoms with E-state index in [2.05, 4.69) is 178 Å². The number of hydrogen-bond donors (Lipinski definition) is 0. The van der Waals surface area contributed by atoms with Gasteiger partial charge < -0.3 is 9.30 Å². The molecule has 0 radical (unpaired) electrons. The van der Waals surface area contributed by atoms with Crippen molar-refractivity contribution in [2.75, 3.05) is 0 Å². The molecule has 0 fully saturated rings. The monoisotopic (exact) mass is 953 g/mol. The van der Waals surface area contributed by atoms with Crippen LogP contribution in [0.5, 0.6) is 11.5 Å². The fraction of sp³-hybridized carbons (Fsp3) is 0.245. The van der Waals surface area contributed by atoms with E-state index in [1.807, 2.05) is 18.3 Å². The van der Waals surface area contributed by atoms with Gasteiger partial charge in [0.05, 0.1) is 5.69 Å². The molecule has 0 saturated heterocycles. The Balaban J connectivity index is 0.00000484. The normalized spacial score (nSPS) is 15.6. The summed E-state index contributed by atoms with van der Waals surface area (Å²) < 4.78 is 11.1. The van der Waals surface area contributed by atoms with Crippen LogP contribution in [0, 0.1) is 19.1 Å². The molecule has 0 saturated carbocycles. The maximum atomic E-state index is 6.70. The van der Waals surface area contributed by atoms with Crippen molar-refractivity contribution in [2.45, 2.75) is 84.5 Å². The van der Waals surface area contributed by atoms with Crippen molar-refractivity contribution in [2.24, 2.45) is 0 Å². The van der Waals surface area contributed by atoms with E-state index in [0.717, 1.165) is 70.3 Å². The van der Waals surface area contributed by atoms with E-state index in [9.17, 15) is 0 Å². The van der Waals surface area contributed by atoms with Gasteiger partial charge in [-0.2, -0.15) is 16.7 Å². The van der Waals surface area contributed by atoms with Gasteiger partial charge in [-0.25, -0.2) is 4.98 Å². The zero-order valence-electron chi connectivity index (χ0n) is 34.7. The number of pyridine rings is 1. The first-order valence-corrected chi connectivity index (χ1v) is 20.8.